The number of nitrogens with zero attached hydrogens (tertiary/aromatic N) is 1. The molecule has 0 saturated carbocycles. The zero-order valence-corrected chi connectivity index (χ0v) is 22.4. The number of hydrogen-bond acceptors (Lipinski definition) is 10. The van der Waals surface area contributed by atoms with Gasteiger partial charge in [0.05, 0.1) is 39.8 Å². The fourth-order valence-corrected chi connectivity index (χ4v) is 5.44. The van der Waals surface area contributed by atoms with E-state index in [9.17, 15) is 19.2 Å². The van der Waals surface area contributed by atoms with Gasteiger partial charge in [-0.1, -0.05) is 23.9 Å². The molecule has 0 aliphatic carbocycles. The summed E-state index contributed by atoms with van der Waals surface area (Å²) in [6, 6.07) is 12.1. The Morgan fingerprint density at radius 2 is 1.14 bits per heavy atom. The van der Waals surface area contributed by atoms with Crippen LogP contribution in [0.4, 0.5) is 11.4 Å². The number of anilines is 2. The molecule has 37 heavy (non-hydrogen) atoms. The van der Waals surface area contributed by atoms with Crippen LogP contribution in [0.15, 0.2) is 46.2 Å². The number of aryl methyl sites for hydroxylation is 2. The molecule has 1 aliphatic rings. The van der Waals surface area contributed by atoms with Gasteiger partial charge < -0.3 is 23.8 Å². The van der Waals surface area contributed by atoms with E-state index in [0.717, 1.165) is 32.3 Å². The molecule has 0 aromatic heterocycles. The Morgan fingerprint density at radius 1 is 0.676 bits per heavy atom. The molecular weight excluding hydrogens is 498 g/mol. The molecule has 0 saturated heterocycles. The van der Waals surface area contributed by atoms with E-state index in [-0.39, 0.29) is 12.8 Å². The number of benzene rings is 2. The third-order valence-electron chi connectivity index (χ3n) is 6.38. The molecule has 9 nitrogen and oxygen atoms in total. The second-order valence-corrected chi connectivity index (χ2v) is 9.62. The predicted molar refractivity (Wildman–Crippen MR) is 137 cm³/mol. The van der Waals surface area contributed by atoms with Crippen LogP contribution in [-0.2, 0) is 51.0 Å². The summed E-state index contributed by atoms with van der Waals surface area (Å²) in [5, 5.41) is 0. The smallest absolute Gasteiger partial charge is 0.320 e. The van der Waals surface area contributed by atoms with Crippen molar-refractivity contribution in [2.45, 2.75) is 35.5 Å². The van der Waals surface area contributed by atoms with E-state index >= 15 is 0 Å². The Bertz CT molecular complexity index is 1150. The monoisotopic (exact) mass is 529 g/mol. The Balaban J connectivity index is 1.73. The summed E-state index contributed by atoms with van der Waals surface area (Å²) in [4.78, 5) is 52.1. The molecule has 1 heterocycles. The van der Waals surface area contributed by atoms with E-state index in [0.29, 0.717) is 12.8 Å². The lowest BCUT2D eigenvalue weighted by Gasteiger charge is -2.30. The zero-order valence-electron chi connectivity index (χ0n) is 21.6. The minimum atomic E-state index is -0.963. The second-order valence-electron chi connectivity index (χ2n) is 8.54. The first-order valence-electron chi connectivity index (χ1n) is 11.7. The van der Waals surface area contributed by atoms with Crippen molar-refractivity contribution in [3.8, 4) is 0 Å². The summed E-state index contributed by atoms with van der Waals surface area (Å²) in [6.45, 7) is 0. The third-order valence-corrected chi connectivity index (χ3v) is 7.49. The second kappa shape index (κ2) is 12.6. The lowest BCUT2D eigenvalue weighted by Crippen LogP contribution is -2.27. The van der Waals surface area contributed by atoms with Crippen LogP contribution in [-0.4, -0.2) is 59.4 Å². The molecule has 0 N–H and O–H groups in total. The molecule has 0 amide bonds. The van der Waals surface area contributed by atoms with Gasteiger partial charge in [0.2, 0.25) is 0 Å². The highest BCUT2D eigenvalue weighted by molar-refractivity contribution is 7.99. The molecule has 0 unspecified atom stereocenters. The molecular formula is C27H31NO8S. The number of fused-ring (bicyclic) bond motifs is 2. The van der Waals surface area contributed by atoms with E-state index in [2.05, 4.69) is 17.0 Å². The van der Waals surface area contributed by atoms with Gasteiger partial charge in [0.1, 0.15) is 0 Å². The number of methoxy groups -OCH3 is 4. The lowest BCUT2D eigenvalue weighted by atomic mass is 9.98. The van der Waals surface area contributed by atoms with Crippen molar-refractivity contribution in [1.82, 2.24) is 0 Å². The highest BCUT2D eigenvalue weighted by Gasteiger charge is 2.30. The van der Waals surface area contributed by atoms with Crippen LogP contribution in [0.2, 0.25) is 0 Å². The fourth-order valence-electron chi connectivity index (χ4n) is 4.24. The van der Waals surface area contributed by atoms with Crippen LogP contribution >= 0.6 is 11.8 Å². The molecule has 0 fully saturated rings. The van der Waals surface area contributed by atoms with E-state index < -0.39 is 35.7 Å². The van der Waals surface area contributed by atoms with E-state index in [1.807, 2.05) is 31.3 Å². The molecule has 10 heteroatoms. The minimum Gasteiger partial charge on any atom is -0.468 e. The number of ether oxygens (including phenoxy) is 4. The summed E-state index contributed by atoms with van der Waals surface area (Å²) in [7, 11) is 6.99. The van der Waals surface area contributed by atoms with E-state index in [1.54, 1.807) is 11.8 Å². The van der Waals surface area contributed by atoms with Crippen molar-refractivity contribution in [2.75, 3.05) is 40.4 Å². The third kappa shape index (κ3) is 6.43. The molecule has 3 rings (SSSR count). The highest BCUT2D eigenvalue weighted by atomic mass is 32.2. The normalized spacial score (nSPS) is 12.0. The lowest BCUT2D eigenvalue weighted by molar-refractivity contribution is -0.160. The summed E-state index contributed by atoms with van der Waals surface area (Å²) < 4.78 is 19.0. The standard InChI is InChI=1S/C27H31NO8S/c1-28-20-12-8-17(7-11-19(26(31)35-4)27(32)36-5)15-23(20)37-22-13-9-16(14-21(22)28)6-10-18(24(29)33-2)25(30)34-3/h8-9,12-15,18-19H,6-7,10-11H2,1-5H3. The van der Waals surface area contributed by atoms with Gasteiger partial charge in [0, 0.05) is 16.8 Å². The van der Waals surface area contributed by atoms with Gasteiger partial charge in [-0.2, -0.15) is 0 Å². The number of carbonyl (C=O) groups excluding carboxylic acids is 4. The van der Waals surface area contributed by atoms with Crippen molar-refractivity contribution >= 4 is 47.0 Å². The average molecular weight is 530 g/mol. The van der Waals surface area contributed by atoms with E-state index in [4.69, 9.17) is 18.9 Å². The highest BCUT2D eigenvalue weighted by Crippen LogP contribution is 2.48. The fraction of sp³-hybridized carbons (Fsp3) is 0.407. The molecule has 0 spiro atoms. The Hall–Kier alpha value is -3.53. The predicted octanol–water partition coefficient (Wildman–Crippen LogP) is 3.71. The molecule has 0 radical (unpaired) electrons. The van der Waals surface area contributed by atoms with Crippen molar-refractivity contribution in [3.63, 3.8) is 0 Å². The maximum Gasteiger partial charge on any atom is 0.320 e. The number of hydrogen-bond donors (Lipinski definition) is 0. The average Bonchev–Trinajstić information content (AvgIpc) is 2.92. The Morgan fingerprint density at radius 3 is 1.62 bits per heavy atom. The Kier molecular flexibility index (Phi) is 9.57. The van der Waals surface area contributed by atoms with Crippen LogP contribution in [0, 0.1) is 11.8 Å². The number of esters is 4. The van der Waals surface area contributed by atoms with Crippen molar-refractivity contribution in [3.05, 3.63) is 47.5 Å². The molecule has 1 aliphatic heterocycles. The van der Waals surface area contributed by atoms with Gasteiger partial charge in [0.25, 0.3) is 0 Å². The molecule has 2 aromatic carbocycles. The molecule has 2 aromatic rings. The largest absolute Gasteiger partial charge is 0.468 e. The maximum absolute atomic E-state index is 12.0. The van der Waals surface area contributed by atoms with Crippen LogP contribution in [0.5, 0.6) is 0 Å². The van der Waals surface area contributed by atoms with Gasteiger partial charge >= 0.3 is 23.9 Å². The van der Waals surface area contributed by atoms with Crippen molar-refractivity contribution < 1.29 is 38.1 Å². The summed E-state index contributed by atoms with van der Waals surface area (Å²) in [5.41, 5.74) is 4.03. The van der Waals surface area contributed by atoms with Crippen LogP contribution in [0.3, 0.4) is 0 Å². The topological polar surface area (TPSA) is 108 Å². The number of rotatable bonds is 10. The van der Waals surface area contributed by atoms with Gasteiger partial charge in [-0.25, -0.2) is 0 Å². The van der Waals surface area contributed by atoms with Gasteiger partial charge in [-0.3, -0.25) is 19.2 Å². The van der Waals surface area contributed by atoms with Gasteiger partial charge in [-0.05, 0) is 61.1 Å². The van der Waals surface area contributed by atoms with Gasteiger partial charge in [-0.15, -0.1) is 0 Å². The quantitative estimate of drug-likeness (QED) is 0.257. The number of carbonyl (C=O) groups is 4. The van der Waals surface area contributed by atoms with Crippen LogP contribution in [0.25, 0.3) is 0 Å². The van der Waals surface area contributed by atoms with Crippen molar-refractivity contribution in [2.24, 2.45) is 11.8 Å². The first kappa shape index (κ1) is 28.0. The summed E-state index contributed by atoms with van der Waals surface area (Å²) in [5.74, 6) is -4.34. The van der Waals surface area contributed by atoms with Crippen molar-refractivity contribution in [1.29, 1.82) is 0 Å². The first-order chi connectivity index (χ1) is 17.7. The molecule has 0 bridgehead atoms. The summed E-state index contributed by atoms with van der Waals surface area (Å²) >= 11 is 1.63. The molecule has 0 atom stereocenters. The van der Waals surface area contributed by atoms with Gasteiger partial charge in [0.15, 0.2) is 11.8 Å². The van der Waals surface area contributed by atoms with E-state index in [1.165, 1.54) is 28.4 Å². The zero-order chi connectivity index (χ0) is 27.1. The first-order valence-corrected chi connectivity index (χ1v) is 12.5. The van der Waals surface area contributed by atoms with Crippen LogP contribution in [0.1, 0.15) is 24.0 Å². The van der Waals surface area contributed by atoms with Crippen LogP contribution < -0.4 is 4.90 Å². The Labute approximate surface area is 220 Å². The summed E-state index contributed by atoms with van der Waals surface area (Å²) in [6.07, 6.45) is 1.59. The molecule has 198 valence electrons. The SMILES string of the molecule is COC(=O)C(CCc1ccc2c(c1)Sc1ccc(CCC(C(=O)OC)C(=O)OC)cc1N2C)C(=O)OC. The minimum absolute atomic E-state index is 0.285. The maximum atomic E-state index is 12.0.